The second kappa shape index (κ2) is 6.21. The Bertz CT molecular complexity index is 1180. The van der Waals surface area contributed by atoms with Crippen molar-refractivity contribution in [2.75, 3.05) is 5.73 Å². The molecule has 2 heterocycles. The van der Waals surface area contributed by atoms with Crippen LogP contribution in [0.5, 0.6) is 0 Å². The molecule has 0 spiro atoms. The molecule has 1 atom stereocenters. The van der Waals surface area contributed by atoms with Crippen LogP contribution < -0.4 is 11.3 Å². The van der Waals surface area contributed by atoms with Gasteiger partial charge < -0.3 is 10.8 Å². The first-order chi connectivity index (χ1) is 13.2. The fraction of sp³-hybridized carbons (Fsp3) is 0.111. The zero-order valence-corrected chi connectivity index (χ0v) is 14.9. The van der Waals surface area contributed by atoms with Gasteiger partial charge in [0.2, 0.25) is 5.60 Å². The van der Waals surface area contributed by atoms with Crippen LogP contribution in [0.4, 0.5) is 19.0 Å². The maximum Gasteiger partial charge on any atom is 0.428 e. The molecule has 4 aromatic rings. The van der Waals surface area contributed by atoms with Crippen LogP contribution in [0.3, 0.4) is 0 Å². The molecule has 28 heavy (non-hydrogen) atoms. The number of aromatic nitrogens is 3. The monoisotopic (exact) mass is 406 g/mol. The SMILES string of the molecule is Nc1[nH]n(-c2ccccc2)c(=O)c1C(O)(c1nc2ccccc2s1)C(F)(F)F. The summed E-state index contributed by atoms with van der Waals surface area (Å²) in [6, 6.07) is 14.3. The zero-order valence-electron chi connectivity index (χ0n) is 14.1. The number of halogens is 3. The Balaban J connectivity index is 2.00. The zero-order chi connectivity index (χ0) is 20.1. The minimum Gasteiger partial charge on any atom is -0.384 e. The topological polar surface area (TPSA) is 96.9 Å². The molecule has 1 unspecified atom stereocenters. The van der Waals surface area contributed by atoms with Crippen molar-refractivity contribution in [1.82, 2.24) is 14.8 Å². The number of benzene rings is 2. The van der Waals surface area contributed by atoms with E-state index < -0.39 is 33.7 Å². The van der Waals surface area contributed by atoms with Gasteiger partial charge in [0.05, 0.1) is 15.9 Å². The Morgan fingerprint density at radius 1 is 1.07 bits per heavy atom. The fourth-order valence-electron chi connectivity index (χ4n) is 2.96. The van der Waals surface area contributed by atoms with Gasteiger partial charge in [0, 0.05) is 0 Å². The van der Waals surface area contributed by atoms with Crippen LogP contribution in [0.1, 0.15) is 10.6 Å². The number of para-hydroxylation sites is 2. The van der Waals surface area contributed by atoms with Crippen LogP contribution in [-0.4, -0.2) is 26.0 Å². The summed E-state index contributed by atoms with van der Waals surface area (Å²) in [7, 11) is 0. The van der Waals surface area contributed by atoms with Gasteiger partial charge in [0.15, 0.2) is 0 Å². The first-order valence-corrected chi connectivity index (χ1v) is 8.86. The van der Waals surface area contributed by atoms with Crippen LogP contribution in [0, 0.1) is 0 Å². The van der Waals surface area contributed by atoms with Crippen molar-refractivity contribution in [2.24, 2.45) is 0 Å². The molecular formula is C18H13F3N4O2S. The third kappa shape index (κ3) is 2.60. The number of aliphatic hydroxyl groups is 1. The number of H-pyrrole nitrogens is 1. The highest BCUT2D eigenvalue weighted by molar-refractivity contribution is 7.18. The van der Waals surface area contributed by atoms with Crippen molar-refractivity contribution < 1.29 is 18.3 Å². The lowest BCUT2D eigenvalue weighted by Gasteiger charge is -2.27. The average molecular weight is 406 g/mol. The minimum absolute atomic E-state index is 0.277. The predicted octanol–water partition coefficient (Wildman–Crippen LogP) is 3.16. The Labute approximate surface area is 159 Å². The Hall–Kier alpha value is -3.11. The Morgan fingerprint density at radius 2 is 1.71 bits per heavy atom. The second-order valence-corrected chi connectivity index (χ2v) is 7.10. The summed E-state index contributed by atoms with van der Waals surface area (Å²) in [5.74, 6) is -0.590. The van der Waals surface area contributed by atoms with Crippen molar-refractivity contribution in [1.29, 1.82) is 0 Å². The molecule has 4 rings (SSSR count). The lowest BCUT2D eigenvalue weighted by molar-refractivity contribution is -0.248. The number of aromatic amines is 1. The normalized spacial score (nSPS) is 14.3. The summed E-state index contributed by atoms with van der Waals surface area (Å²) < 4.78 is 43.5. The summed E-state index contributed by atoms with van der Waals surface area (Å²) in [4.78, 5) is 16.8. The number of nitrogen functional groups attached to an aromatic ring is 1. The number of alkyl halides is 3. The summed E-state index contributed by atoms with van der Waals surface area (Å²) >= 11 is 0.650. The van der Waals surface area contributed by atoms with E-state index in [-0.39, 0.29) is 11.2 Å². The maximum absolute atomic E-state index is 14.1. The molecule has 0 radical (unpaired) electrons. The van der Waals surface area contributed by atoms with E-state index in [9.17, 15) is 23.1 Å². The Morgan fingerprint density at radius 3 is 2.36 bits per heavy atom. The first kappa shape index (κ1) is 18.3. The number of nitrogens with zero attached hydrogens (tertiary/aromatic N) is 2. The van der Waals surface area contributed by atoms with Crippen molar-refractivity contribution in [2.45, 2.75) is 11.8 Å². The molecule has 0 saturated carbocycles. The minimum atomic E-state index is -5.23. The highest BCUT2D eigenvalue weighted by atomic mass is 32.1. The summed E-state index contributed by atoms with van der Waals surface area (Å²) in [5.41, 5.74) is 0.514. The van der Waals surface area contributed by atoms with E-state index in [4.69, 9.17) is 5.73 Å². The molecule has 0 amide bonds. The fourth-order valence-corrected chi connectivity index (χ4v) is 4.04. The predicted molar refractivity (Wildman–Crippen MR) is 99.5 cm³/mol. The van der Waals surface area contributed by atoms with Crippen molar-refractivity contribution in [3.8, 4) is 5.69 Å². The number of hydrogen-bond acceptors (Lipinski definition) is 5. The molecular weight excluding hydrogens is 393 g/mol. The Kier molecular flexibility index (Phi) is 4.05. The van der Waals surface area contributed by atoms with Crippen LogP contribution in [0.25, 0.3) is 15.9 Å². The molecule has 0 aliphatic heterocycles. The van der Waals surface area contributed by atoms with Gasteiger partial charge in [-0.15, -0.1) is 11.3 Å². The van der Waals surface area contributed by atoms with Gasteiger partial charge in [-0.05, 0) is 24.3 Å². The number of thiazole rings is 1. The summed E-state index contributed by atoms with van der Waals surface area (Å²) in [6.07, 6.45) is -5.23. The van der Waals surface area contributed by atoms with E-state index in [1.165, 1.54) is 18.2 Å². The number of nitrogens with two attached hydrogens (primary N) is 1. The third-order valence-electron chi connectivity index (χ3n) is 4.31. The molecule has 2 aromatic carbocycles. The van der Waals surface area contributed by atoms with Gasteiger partial charge in [-0.3, -0.25) is 9.89 Å². The first-order valence-electron chi connectivity index (χ1n) is 8.05. The smallest absolute Gasteiger partial charge is 0.384 e. The number of hydrogen-bond donors (Lipinski definition) is 3. The van der Waals surface area contributed by atoms with E-state index >= 15 is 0 Å². The van der Waals surface area contributed by atoms with Gasteiger partial charge >= 0.3 is 6.18 Å². The molecule has 4 N–H and O–H groups in total. The molecule has 144 valence electrons. The van der Waals surface area contributed by atoms with E-state index in [0.717, 1.165) is 4.68 Å². The van der Waals surface area contributed by atoms with Gasteiger partial charge in [-0.2, -0.15) is 13.2 Å². The molecule has 2 aromatic heterocycles. The number of anilines is 1. The van der Waals surface area contributed by atoms with Crippen molar-refractivity contribution in [3.63, 3.8) is 0 Å². The lowest BCUT2D eigenvalue weighted by Crippen LogP contribution is -2.46. The lowest BCUT2D eigenvalue weighted by atomic mass is 9.95. The van der Waals surface area contributed by atoms with E-state index in [1.807, 2.05) is 0 Å². The van der Waals surface area contributed by atoms with Crippen molar-refractivity contribution >= 4 is 27.4 Å². The summed E-state index contributed by atoms with van der Waals surface area (Å²) in [6.45, 7) is 0. The molecule has 10 heteroatoms. The largest absolute Gasteiger partial charge is 0.428 e. The van der Waals surface area contributed by atoms with Crippen LogP contribution >= 0.6 is 11.3 Å². The van der Waals surface area contributed by atoms with Crippen LogP contribution in [-0.2, 0) is 5.60 Å². The molecule has 0 aliphatic rings. The highest BCUT2D eigenvalue weighted by Crippen LogP contribution is 2.46. The third-order valence-corrected chi connectivity index (χ3v) is 5.45. The van der Waals surface area contributed by atoms with Gasteiger partial charge in [0.1, 0.15) is 16.4 Å². The van der Waals surface area contributed by atoms with Crippen molar-refractivity contribution in [3.05, 3.63) is 75.5 Å². The second-order valence-electron chi connectivity index (χ2n) is 6.07. The molecule has 6 nitrogen and oxygen atoms in total. The number of nitrogens with one attached hydrogen (secondary N) is 1. The molecule has 0 saturated heterocycles. The standard InChI is InChI=1S/C18H13F3N4O2S/c19-18(20,21)17(27,16-23-11-8-4-5-9-12(11)28-16)13-14(22)24-25(15(13)26)10-6-2-1-3-7-10/h1-9,24,27H,22H2. The van der Waals surface area contributed by atoms with Crippen LogP contribution in [0.2, 0.25) is 0 Å². The molecule has 0 bridgehead atoms. The van der Waals surface area contributed by atoms with E-state index in [1.54, 1.807) is 36.4 Å². The van der Waals surface area contributed by atoms with Gasteiger partial charge in [-0.1, -0.05) is 30.3 Å². The summed E-state index contributed by atoms with van der Waals surface area (Å²) in [5, 5.41) is 12.6. The maximum atomic E-state index is 14.1. The highest BCUT2D eigenvalue weighted by Gasteiger charge is 2.61. The van der Waals surface area contributed by atoms with E-state index in [2.05, 4.69) is 10.1 Å². The number of fused-ring (bicyclic) bond motifs is 1. The van der Waals surface area contributed by atoms with Gasteiger partial charge in [0.25, 0.3) is 5.56 Å². The quantitative estimate of drug-likeness (QED) is 0.487. The van der Waals surface area contributed by atoms with Crippen LogP contribution in [0.15, 0.2) is 59.4 Å². The van der Waals surface area contributed by atoms with Gasteiger partial charge in [-0.25, -0.2) is 9.67 Å². The number of rotatable bonds is 3. The molecule has 0 aliphatic carbocycles. The molecule has 0 fully saturated rings. The van der Waals surface area contributed by atoms with E-state index in [0.29, 0.717) is 16.0 Å². The average Bonchev–Trinajstić information content (AvgIpc) is 3.22.